The number of aliphatic hydroxyl groups is 1. The van der Waals surface area contributed by atoms with Crippen molar-refractivity contribution < 1.29 is 18.3 Å². The van der Waals surface area contributed by atoms with E-state index in [4.69, 9.17) is 9.84 Å². The molecule has 2 heterocycles. The highest BCUT2D eigenvalue weighted by Gasteiger charge is 2.17. The molecule has 0 saturated heterocycles. The highest BCUT2D eigenvalue weighted by molar-refractivity contribution is 7.94. The summed E-state index contributed by atoms with van der Waals surface area (Å²) in [5, 5.41) is 8.86. The summed E-state index contributed by atoms with van der Waals surface area (Å²) < 4.78 is 32.3. The van der Waals surface area contributed by atoms with Gasteiger partial charge in [-0.1, -0.05) is 0 Å². The maximum absolute atomic E-state index is 12.2. The van der Waals surface area contributed by atoms with Gasteiger partial charge >= 0.3 is 0 Å². The van der Waals surface area contributed by atoms with Gasteiger partial charge in [-0.3, -0.25) is 4.72 Å². The van der Waals surface area contributed by atoms with Crippen molar-refractivity contribution in [1.29, 1.82) is 0 Å². The van der Waals surface area contributed by atoms with Gasteiger partial charge in [-0.2, -0.15) is 0 Å². The lowest BCUT2D eigenvalue weighted by molar-refractivity contribution is 0.300. The molecule has 0 spiro atoms. The van der Waals surface area contributed by atoms with Crippen molar-refractivity contribution in [2.24, 2.45) is 0 Å². The normalized spacial score (nSPS) is 11.3. The molecule has 2 aromatic heterocycles. The number of rotatable bonds is 7. The van der Waals surface area contributed by atoms with Crippen molar-refractivity contribution >= 4 is 27.0 Å². The fourth-order valence-electron chi connectivity index (χ4n) is 1.63. The van der Waals surface area contributed by atoms with Crippen LogP contribution in [0.5, 0.6) is 5.88 Å². The quantitative estimate of drug-likeness (QED) is 0.810. The van der Waals surface area contributed by atoms with Crippen LogP contribution in [0.25, 0.3) is 0 Å². The predicted octanol–water partition coefficient (Wildman–Crippen LogP) is 1.88. The molecule has 0 aliphatic carbocycles. The Morgan fingerprint density at radius 3 is 2.76 bits per heavy atom. The Kier molecular flexibility index (Phi) is 5.16. The Hall–Kier alpha value is -1.64. The fraction of sp³-hybridized carbons (Fsp3) is 0.308. The van der Waals surface area contributed by atoms with Crippen LogP contribution in [0.3, 0.4) is 0 Å². The maximum atomic E-state index is 12.2. The van der Waals surface area contributed by atoms with Crippen molar-refractivity contribution in [3.05, 3.63) is 35.3 Å². The Morgan fingerprint density at radius 2 is 2.14 bits per heavy atom. The first-order valence-corrected chi connectivity index (χ1v) is 8.66. The molecule has 2 N–H and O–H groups in total. The van der Waals surface area contributed by atoms with Gasteiger partial charge in [-0.15, -0.1) is 11.3 Å². The number of hydrogen-bond donors (Lipinski definition) is 2. The zero-order valence-corrected chi connectivity index (χ0v) is 13.1. The van der Waals surface area contributed by atoms with E-state index in [0.717, 1.165) is 16.2 Å². The Morgan fingerprint density at radius 1 is 1.33 bits per heavy atom. The molecule has 0 atom stereocenters. The molecule has 6 nitrogen and oxygen atoms in total. The number of nitrogens with one attached hydrogen (secondary N) is 1. The van der Waals surface area contributed by atoms with Crippen molar-refractivity contribution in [3.8, 4) is 5.88 Å². The summed E-state index contributed by atoms with van der Waals surface area (Å²) in [4.78, 5) is 4.82. The van der Waals surface area contributed by atoms with Crippen molar-refractivity contribution in [2.75, 3.05) is 17.9 Å². The maximum Gasteiger partial charge on any atom is 0.271 e. The molecule has 0 saturated carbocycles. The second kappa shape index (κ2) is 6.88. The summed E-state index contributed by atoms with van der Waals surface area (Å²) in [6, 6.07) is 6.43. The summed E-state index contributed by atoms with van der Waals surface area (Å²) in [5.74, 6) is 0.446. The minimum atomic E-state index is -3.63. The molecule has 2 rings (SSSR count). The largest absolute Gasteiger partial charge is 0.478 e. The molecule has 0 radical (unpaired) electrons. The van der Waals surface area contributed by atoms with E-state index in [9.17, 15) is 8.42 Å². The molecule has 8 heteroatoms. The van der Waals surface area contributed by atoms with Crippen molar-refractivity contribution in [1.82, 2.24) is 4.98 Å². The third-order valence-electron chi connectivity index (χ3n) is 2.54. The Bertz CT molecular complexity index is 680. The van der Waals surface area contributed by atoms with Gasteiger partial charge in [-0.25, -0.2) is 13.4 Å². The van der Waals surface area contributed by atoms with E-state index in [0.29, 0.717) is 24.6 Å². The van der Waals surface area contributed by atoms with Gasteiger partial charge in [-0.05, 0) is 25.1 Å². The number of sulfonamides is 1. The molecule has 0 aromatic carbocycles. The van der Waals surface area contributed by atoms with Gasteiger partial charge in [0.25, 0.3) is 10.0 Å². The first-order valence-electron chi connectivity index (χ1n) is 6.36. The summed E-state index contributed by atoms with van der Waals surface area (Å²) in [6.07, 6.45) is 1.86. The molecule has 0 bridgehead atoms. The van der Waals surface area contributed by atoms with Gasteiger partial charge in [0.15, 0.2) is 0 Å². The second-order valence-corrected chi connectivity index (χ2v) is 7.20. The lowest BCUT2D eigenvalue weighted by Crippen LogP contribution is -2.11. The number of thiophene rings is 1. The van der Waals surface area contributed by atoms with E-state index in [1.54, 1.807) is 18.2 Å². The molecule has 0 unspecified atom stereocenters. The van der Waals surface area contributed by atoms with E-state index in [2.05, 4.69) is 9.71 Å². The number of aromatic nitrogens is 1. The third-order valence-corrected chi connectivity index (χ3v) is 5.56. The zero-order valence-electron chi connectivity index (χ0n) is 11.4. The second-order valence-electron chi connectivity index (χ2n) is 4.12. The number of anilines is 1. The molecule has 0 fully saturated rings. The Labute approximate surface area is 127 Å². The minimum absolute atomic E-state index is 0.00373. The number of nitrogens with zero attached hydrogens (tertiary/aromatic N) is 1. The average Bonchev–Trinajstić information content (AvgIpc) is 2.91. The van der Waals surface area contributed by atoms with Crippen LogP contribution in [0.15, 0.2) is 34.7 Å². The first kappa shape index (κ1) is 15.7. The average molecular weight is 328 g/mol. The highest BCUT2D eigenvalue weighted by atomic mass is 32.2. The molecule has 0 aliphatic rings. The van der Waals surface area contributed by atoms with Crippen molar-refractivity contribution in [3.63, 3.8) is 0 Å². The molecule has 21 heavy (non-hydrogen) atoms. The fourth-order valence-corrected chi connectivity index (χ4v) is 4.01. The molecule has 0 amide bonds. The summed E-state index contributed by atoms with van der Waals surface area (Å²) >= 11 is 1.14. The van der Waals surface area contributed by atoms with Crippen LogP contribution < -0.4 is 9.46 Å². The van der Waals surface area contributed by atoms with E-state index in [1.165, 1.54) is 12.3 Å². The van der Waals surface area contributed by atoms with Gasteiger partial charge in [0.1, 0.15) is 4.21 Å². The number of pyridine rings is 1. The van der Waals surface area contributed by atoms with Gasteiger partial charge < -0.3 is 9.84 Å². The molecule has 0 aliphatic heterocycles. The van der Waals surface area contributed by atoms with E-state index < -0.39 is 10.0 Å². The number of aliphatic hydroxyl groups excluding tert-OH is 1. The van der Waals surface area contributed by atoms with E-state index in [1.807, 2.05) is 6.92 Å². The van der Waals surface area contributed by atoms with Crippen LogP contribution in [0.4, 0.5) is 5.69 Å². The SMILES string of the molecule is CCOc1ccc(NS(=O)(=O)c2ccc(CCO)s2)cn1. The predicted molar refractivity (Wildman–Crippen MR) is 81.3 cm³/mol. The van der Waals surface area contributed by atoms with Gasteiger partial charge in [0.2, 0.25) is 5.88 Å². The molecule has 2 aromatic rings. The summed E-state index contributed by atoms with van der Waals surface area (Å²) in [6.45, 7) is 2.34. The Balaban J connectivity index is 2.12. The van der Waals surface area contributed by atoms with Crippen LogP contribution in [0.2, 0.25) is 0 Å². The lowest BCUT2D eigenvalue weighted by Gasteiger charge is -2.07. The van der Waals surface area contributed by atoms with Crippen LogP contribution >= 0.6 is 11.3 Å². The topological polar surface area (TPSA) is 88.5 Å². The summed E-state index contributed by atoms with van der Waals surface area (Å²) in [5.41, 5.74) is 0.371. The minimum Gasteiger partial charge on any atom is -0.478 e. The summed E-state index contributed by atoms with van der Waals surface area (Å²) in [7, 11) is -3.63. The van der Waals surface area contributed by atoms with Crippen molar-refractivity contribution in [2.45, 2.75) is 17.6 Å². The van der Waals surface area contributed by atoms with Crippen LogP contribution in [-0.4, -0.2) is 31.7 Å². The lowest BCUT2D eigenvalue weighted by atomic mass is 10.4. The standard InChI is InChI=1S/C13H16N2O4S2/c1-2-19-12-5-3-10(9-14-12)15-21(17,18)13-6-4-11(20-13)7-8-16/h3-6,9,15-16H,2,7-8H2,1H3. The molecule has 114 valence electrons. The van der Waals surface area contributed by atoms with E-state index in [-0.39, 0.29) is 10.8 Å². The zero-order chi connectivity index (χ0) is 15.3. The smallest absolute Gasteiger partial charge is 0.271 e. The third kappa shape index (κ3) is 4.16. The molecular formula is C13H16N2O4S2. The monoisotopic (exact) mass is 328 g/mol. The first-order chi connectivity index (χ1) is 10.0. The van der Waals surface area contributed by atoms with E-state index >= 15 is 0 Å². The number of ether oxygens (including phenoxy) is 1. The van der Waals surface area contributed by atoms with Crippen LogP contribution in [-0.2, 0) is 16.4 Å². The highest BCUT2D eigenvalue weighted by Crippen LogP contribution is 2.24. The van der Waals surface area contributed by atoms with Gasteiger partial charge in [0.05, 0.1) is 18.5 Å². The number of hydrogen-bond acceptors (Lipinski definition) is 6. The molecular weight excluding hydrogens is 312 g/mol. The van der Waals surface area contributed by atoms with Crippen LogP contribution in [0, 0.1) is 0 Å². The van der Waals surface area contributed by atoms with Crippen LogP contribution in [0.1, 0.15) is 11.8 Å². The van der Waals surface area contributed by atoms with Gasteiger partial charge in [0, 0.05) is 24.0 Å².